The number of nitrogens with one attached hydrogen (secondary N) is 1. The van der Waals surface area contributed by atoms with E-state index in [0.29, 0.717) is 36.1 Å². The predicted octanol–water partition coefficient (Wildman–Crippen LogP) is 5.65. The predicted molar refractivity (Wildman–Crippen MR) is 162 cm³/mol. The van der Waals surface area contributed by atoms with Gasteiger partial charge >= 0.3 is 6.01 Å². The van der Waals surface area contributed by atoms with Crippen molar-refractivity contribution in [2.75, 3.05) is 37.8 Å². The lowest BCUT2D eigenvalue weighted by Gasteiger charge is -2.31. The Morgan fingerprint density at radius 3 is 2.84 bits per heavy atom. The molecule has 3 aliphatic heterocycles. The molecule has 2 atom stereocenters. The van der Waals surface area contributed by atoms with Gasteiger partial charge in [0.25, 0.3) is 0 Å². The van der Waals surface area contributed by atoms with E-state index in [2.05, 4.69) is 26.2 Å². The summed E-state index contributed by atoms with van der Waals surface area (Å²) in [5.74, 6) is 1.22. The molecule has 44 heavy (non-hydrogen) atoms. The van der Waals surface area contributed by atoms with E-state index in [-0.39, 0.29) is 46.1 Å². The molecule has 3 fully saturated rings. The molecule has 228 valence electrons. The number of hydrogen-bond acceptors (Lipinski definition) is 8. The van der Waals surface area contributed by atoms with Crippen molar-refractivity contribution in [3.05, 3.63) is 47.7 Å². The smallest absolute Gasteiger partial charge is 0.319 e. The lowest BCUT2D eigenvalue weighted by Crippen LogP contribution is -2.44. The van der Waals surface area contributed by atoms with Gasteiger partial charge in [-0.15, -0.1) is 6.42 Å². The molecule has 0 radical (unpaired) electrons. The minimum Gasteiger partial charge on any atom is -0.508 e. The van der Waals surface area contributed by atoms with Crippen LogP contribution in [0.5, 0.6) is 11.8 Å². The van der Waals surface area contributed by atoms with Crippen molar-refractivity contribution >= 4 is 27.5 Å². The largest absolute Gasteiger partial charge is 0.508 e. The van der Waals surface area contributed by atoms with Crippen molar-refractivity contribution in [1.82, 2.24) is 25.3 Å². The third-order valence-corrected chi connectivity index (χ3v) is 9.19. The van der Waals surface area contributed by atoms with E-state index >= 15 is 4.39 Å². The number of nitrogens with zero attached hydrogens (tertiary/aromatic N) is 5. The van der Waals surface area contributed by atoms with Gasteiger partial charge in [0.05, 0.1) is 16.5 Å². The molecule has 0 aliphatic carbocycles. The molecule has 2 aromatic carbocycles. The number of halogens is 3. The van der Waals surface area contributed by atoms with Gasteiger partial charge in [-0.2, -0.15) is 9.97 Å². The number of terminal acetylenes is 1. The summed E-state index contributed by atoms with van der Waals surface area (Å²) in [6.07, 6.45) is 12.4. The van der Waals surface area contributed by atoms with Crippen LogP contribution in [0.1, 0.15) is 50.5 Å². The molecule has 11 heteroatoms. The van der Waals surface area contributed by atoms with Crippen molar-refractivity contribution in [3.8, 4) is 35.4 Å². The van der Waals surface area contributed by atoms with Crippen LogP contribution in [0.25, 0.3) is 32.9 Å². The summed E-state index contributed by atoms with van der Waals surface area (Å²) in [4.78, 5) is 15.8. The lowest BCUT2D eigenvalue weighted by atomic mass is 9.95. The Hall–Kier alpha value is -4.14. The number of aromatic hydroxyl groups is 1. The molecular formula is C33H33F3N6O2. The number of alkyl halides is 1. The number of aromatic nitrogens is 3. The number of hydrogen-bond donors (Lipinski definition) is 2. The summed E-state index contributed by atoms with van der Waals surface area (Å²) in [6, 6.07) is 5.43. The van der Waals surface area contributed by atoms with E-state index in [0.717, 1.165) is 51.6 Å². The van der Waals surface area contributed by atoms with Crippen LogP contribution < -0.4 is 15.2 Å². The molecule has 3 aliphatic rings. The van der Waals surface area contributed by atoms with Crippen LogP contribution in [-0.2, 0) is 0 Å². The van der Waals surface area contributed by atoms with Crippen molar-refractivity contribution in [1.29, 1.82) is 0 Å². The van der Waals surface area contributed by atoms with Gasteiger partial charge in [-0.3, -0.25) is 14.9 Å². The Kier molecular flexibility index (Phi) is 7.42. The Morgan fingerprint density at radius 1 is 1.11 bits per heavy atom. The van der Waals surface area contributed by atoms with Crippen LogP contribution in [0.4, 0.5) is 19.0 Å². The Balaban J connectivity index is 1.37. The molecule has 2 N–H and O–H groups in total. The van der Waals surface area contributed by atoms with Crippen molar-refractivity contribution in [3.63, 3.8) is 0 Å². The van der Waals surface area contributed by atoms with Gasteiger partial charge in [-0.1, -0.05) is 24.8 Å². The molecule has 3 saturated heterocycles. The van der Waals surface area contributed by atoms with E-state index < -0.39 is 23.3 Å². The van der Waals surface area contributed by atoms with Crippen molar-refractivity contribution in [2.45, 2.75) is 56.7 Å². The zero-order valence-electron chi connectivity index (χ0n) is 24.3. The molecule has 4 aromatic rings. The molecule has 0 spiro atoms. The maximum Gasteiger partial charge on any atom is 0.319 e. The van der Waals surface area contributed by atoms with Crippen molar-refractivity contribution < 1.29 is 23.0 Å². The quantitative estimate of drug-likeness (QED) is 0.284. The Bertz CT molecular complexity index is 1790. The third-order valence-electron chi connectivity index (χ3n) is 9.19. The van der Waals surface area contributed by atoms with Gasteiger partial charge in [0.2, 0.25) is 0 Å². The van der Waals surface area contributed by atoms with Crippen LogP contribution in [0.3, 0.4) is 0 Å². The van der Waals surface area contributed by atoms with Crippen LogP contribution in [0.15, 0.2) is 30.5 Å². The van der Waals surface area contributed by atoms with Gasteiger partial charge in [0.15, 0.2) is 11.6 Å². The fourth-order valence-electron chi connectivity index (χ4n) is 7.10. The summed E-state index contributed by atoms with van der Waals surface area (Å²) in [7, 11) is 0. The van der Waals surface area contributed by atoms with E-state index in [4.69, 9.17) is 16.1 Å². The minimum atomic E-state index is -0.918. The Labute approximate surface area is 253 Å². The molecule has 2 aromatic heterocycles. The second-order valence-corrected chi connectivity index (χ2v) is 12.0. The molecule has 7 rings (SSSR count). The fraction of sp³-hybridized carbons (Fsp3) is 0.424. The summed E-state index contributed by atoms with van der Waals surface area (Å²) in [5, 5.41) is 13.5. The number of anilines is 1. The maximum atomic E-state index is 16.7. The number of benzene rings is 2. The molecule has 0 bridgehead atoms. The first-order valence-electron chi connectivity index (χ1n) is 15.2. The summed E-state index contributed by atoms with van der Waals surface area (Å²) in [5.41, 5.74) is 2.86. The first-order chi connectivity index (χ1) is 21.4. The molecule has 0 amide bonds. The van der Waals surface area contributed by atoms with Gasteiger partial charge in [-0.05, 0) is 55.8 Å². The summed E-state index contributed by atoms with van der Waals surface area (Å²) >= 11 is 0. The fourth-order valence-corrected chi connectivity index (χ4v) is 7.10. The number of phenols is 1. The van der Waals surface area contributed by atoms with Crippen LogP contribution in [0.2, 0.25) is 0 Å². The molecule has 0 saturated carbocycles. The molecule has 5 heterocycles. The summed E-state index contributed by atoms with van der Waals surface area (Å²) in [6.45, 7) is 2.74. The van der Waals surface area contributed by atoms with E-state index in [1.807, 2.05) is 5.01 Å². The third kappa shape index (κ3) is 4.96. The SMILES string of the molecule is C#Cc1c(F)ccc2cc(O)cc(-c3ncc4c(N5CCCCCCN5)nc(OC[C@@]56CCCN5C[C@H](F)C6)nc4c3F)c12. The second kappa shape index (κ2) is 11.4. The van der Waals surface area contributed by atoms with Crippen molar-refractivity contribution in [2.24, 2.45) is 0 Å². The highest BCUT2D eigenvalue weighted by molar-refractivity contribution is 6.03. The van der Waals surface area contributed by atoms with E-state index in [9.17, 15) is 13.9 Å². The zero-order chi connectivity index (χ0) is 30.4. The lowest BCUT2D eigenvalue weighted by molar-refractivity contribution is 0.107. The maximum absolute atomic E-state index is 16.7. The van der Waals surface area contributed by atoms with Crippen LogP contribution in [-0.4, -0.2) is 69.5 Å². The minimum absolute atomic E-state index is 0.0212. The number of rotatable bonds is 5. The first-order valence-corrected chi connectivity index (χ1v) is 15.2. The van der Waals surface area contributed by atoms with Gasteiger partial charge in [0.1, 0.15) is 35.6 Å². The molecule has 0 unspecified atom stereocenters. The van der Waals surface area contributed by atoms with Crippen LogP contribution >= 0.6 is 0 Å². The monoisotopic (exact) mass is 602 g/mol. The number of ether oxygens (including phenoxy) is 1. The average Bonchev–Trinajstić information content (AvgIpc) is 3.51. The van der Waals surface area contributed by atoms with Gasteiger partial charge in [-0.25, -0.2) is 18.6 Å². The first kappa shape index (κ1) is 28.6. The highest BCUT2D eigenvalue weighted by Gasteiger charge is 2.49. The van der Waals surface area contributed by atoms with E-state index in [1.54, 1.807) is 0 Å². The zero-order valence-corrected chi connectivity index (χ0v) is 24.3. The molecule has 8 nitrogen and oxygen atoms in total. The van der Waals surface area contributed by atoms with E-state index in [1.165, 1.54) is 30.5 Å². The number of hydrazine groups is 1. The highest BCUT2D eigenvalue weighted by Crippen LogP contribution is 2.41. The topological polar surface area (TPSA) is 86.6 Å². The summed E-state index contributed by atoms with van der Waals surface area (Å²) < 4.78 is 52.1. The number of pyridine rings is 1. The number of fused-ring (bicyclic) bond motifs is 3. The highest BCUT2D eigenvalue weighted by atomic mass is 19.1. The normalized spacial score (nSPS) is 22.6. The second-order valence-electron chi connectivity index (χ2n) is 12.0. The number of phenolic OH excluding ortho intramolecular Hbond substituents is 1. The van der Waals surface area contributed by atoms with Crippen LogP contribution in [0, 0.1) is 24.0 Å². The average molecular weight is 603 g/mol. The Morgan fingerprint density at radius 2 is 1.98 bits per heavy atom. The van der Waals surface area contributed by atoms with Gasteiger partial charge in [0, 0.05) is 43.2 Å². The molecular weight excluding hydrogens is 569 g/mol. The van der Waals surface area contributed by atoms with Gasteiger partial charge < -0.3 is 9.84 Å². The standard InChI is InChI=1S/C33H33F3N6O2/c1-2-23-26(35)9-8-20-14-22(43)15-24(27(20)23)29-28(36)30-25(17-37-29)31(42-13-6-4-3-5-11-38-42)40-32(39-30)44-19-33-10-7-12-41(33)18-21(34)16-33/h1,8-9,14-15,17,21,38,43H,3-7,10-13,16,18-19H2/t21-,33+/m1/s1.